The van der Waals surface area contributed by atoms with Gasteiger partial charge in [-0.05, 0) is 11.6 Å². The van der Waals surface area contributed by atoms with Gasteiger partial charge in [-0.2, -0.15) is 10.2 Å². The van der Waals surface area contributed by atoms with Crippen molar-refractivity contribution in [3.63, 3.8) is 0 Å². The highest BCUT2D eigenvalue weighted by Gasteiger charge is 2.13. The summed E-state index contributed by atoms with van der Waals surface area (Å²) in [6.07, 6.45) is 4.56. The zero-order valence-electron chi connectivity index (χ0n) is 13.1. The number of fused-ring (bicyclic) bond motifs is 1. The quantitative estimate of drug-likeness (QED) is 0.528. The van der Waals surface area contributed by atoms with Crippen LogP contribution in [0.1, 0.15) is 11.3 Å². The van der Waals surface area contributed by atoms with Crippen LogP contribution in [-0.2, 0) is 6.42 Å². The fraction of sp³-hybridized carbons (Fsp3) is 0.0588. The topological polar surface area (TPSA) is 65.1 Å². The van der Waals surface area contributed by atoms with Crippen molar-refractivity contribution in [3.8, 4) is 5.69 Å². The first kappa shape index (κ1) is 16.0. The van der Waals surface area contributed by atoms with Crippen LogP contribution >= 0.6 is 0 Å². The van der Waals surface area contributed by atoms with Crippen molar-refractivity contribution < 1.29 is 13.2 Å². The smallest absolute Gasteiger partial charge is 0.203 e. The lowest BCUT2D eigenvalue weighted by Crippen LogP contribution is -2.17. The maximum Gasteiger partial charge on any atom is 0.203 e. The van der Waals surface area contributed by atoms with E-state index in [1.807, 2.05) is 0 Å². The molecule has 0 saturated heterocycles. The molecule has 26 heavy (non-hydrogen) atoms. The summed E-state index contributed by atoms with van der Waals surface area (Å²) in [5.74, 6) is -4.23. The summed E-state index contributed by atoms with van der Waals surface area (Å²) in [5.41, 5.74) is 1.21. The highest BCUT2D eigenvalue weighted by Crippen LogP contribution is 2.16. The van der Waals surface area contributed by atoms with E-state index in [-0.39, 0.29) is 23.2 Å². The number of nitrogens with zero attached hydrogens (tertiary/aromatic N) is 5. The Morgan fingerprint density at radius 3 is 2.58 bits per heavy atom. The van der Waals surface area contributed by atoms with Crippen LogP contribution in [0.4, 0.5) is 13.2 Å². The second-order valence-corrected chi connectivity index (χ2v) is 5.57. The fourth-order valence-electron chi connectivity index (χ4n) is 2.55. The number of benzene rings is 1. The van der Waals surface area contributed by atoms with Crippen LogP contribution in [0.15, 0.2) is 53.8 Å². The van der Waals surface area contributed by atoms with Crippen LogP contribution in [0.5, 0.6) is 0 Å². The van der Waals surface area contributed by atoms with Crippen molar-refractivity contribution in [3.05, 3.63) is 88.0 Å². The van der Waals surface area contributed by atoms with E-state index in [1.165, 1.54) is 18.6 Å². The average Bonchev–Trinajstić information content (AvgIpc) is 3.09. The van der Waals surface area contributed by atoms with Gasteiger partial charge in [0.25, 0.3) is 0 Å². The second-order valence-electron chi connectivity index (χ2n) is 5.57. The molecule has 0 bridgehead atoms. The molecule has 0 unspecified atom stereocenters. The molecule has 0 N–H and O–H groups in total. The monoisotopic (exact) mass is 357 g/mol. The molecule has 0 atom stereocenters. The Morgan fingerprint density at radius 1 is 1.04 bits per heavy atom. The Hall–Kier alpha value is -3.49. The number of aromatic nitrogens is 5. The van der Waals surface area contributed by atoms with Gasteiger partial charge in [0.15, 0.2) is 23.1 Å². The van der Waals surface area contributed by atoms with Gasteiger partial charge in [-0.3, -0.25) is 4.79 Å². The third kappa shape index (κ3) is 2.83. The molecular weight excluding hydrogens is 347 g/mol. The molecule has 3 aromatic heterocycles. The van der Waals surface area contributed by atoms with E-state index < -0.39 is 17.5 Å². The van der Waals surface area contributed by atoms with E-state index in [1.54, 1.807) is 22.8 Å². The maximum atomic E-state index is 13.4. The molecule has 0 aliphatic heterocycles. The normalized spacial score (nSPS) is 11.2. The molecule has 0 fully saturated rings. The molecular formula is C17H10F3N5O. The molecule has 0 amide bonds. The van der Waals surface area contributed by atoms with E-state index in [0.717, 1.165) is 22.4 Å². The summed E-state index contributed by atoms with van der Waals surface area (Å²) in [7, 11) is 0. The van der Waals surface area contributed by atoms with Crippen LogP contribution in [0.2, 0.25) is 0 Å². The number of hydrogen-bond donors (Lipinski definition) is 0. The molecule has 0 aliphatic rings. The molecule has 4 aromatic rings. The van der Waals surface area contributed by atoms with Crippen molar-refractivity contribution in [2.45, 2.75) is 6.42 Å². The van der Waals surface area contributed by atoms with Crippen molar-refractivity contribution in [2.24, 2.45) is 0 Å². The molecule has 0 spiro atoms. The van der Waals surface area contributed by atoms with Crippen molar-refractivity contribution >= 4 is 5.65 Å². The SMILES string of the molecule is O=c1ccn(-c2cc(F)c(F)c(F)c2)nc1Cc1ccc2ncnn2c1. The van der Waals surface area contributed by atoms with Crippen LogP contribution in [-0.4, -0.2) is 24.4 Å². The molecule has 0 saturated carbocycles. The first-order chi connectivity index (χ1) is 12.5. The van der Waals surface area contributed by atoms with Gasteiger partial charge in [0, 0.05) is 37.0 Å². The molecule has 6 nitrogen and oxygen atoms in total. The Kier molecular flexibility index (Phi) is 3.76. The molecule has 0 aliphatic carbocycles. The molecule has 130 valence electrons. The molecule has 4 rings (SSSR count). The summed E-state index contributed by atoms with van der Waals surface area (Å²) in [5, 5.41) is 8.14. The first-order valence-electron chi connectivity index (χ1n) is 7.53. The Labute approximate surface area is 144 Å². The van der Waals surface area contributed by atoms with E-state index in [0.29, 0.717) is 5.65 Å². The average molecular weight is 357 g/mol. The van der Waals surface area contributed by atoms with Gasteiger partial charge in [-0.1, -0.05) is 6.07 Å². The van der Waals surface area contributed by atoms with Gasteiger partial charge < -0.3 is 0 Å². The van der Waals surface area contributed by atoms with Gasteiger partial charge in [0.2, 0.25) is 5.43 Å². The standard InChI is InChI=1S/C17H10F3N5O/c18-12-6-11(7-13(19)17(12)20)24-4-3-15(26)14(23-24)5-10-1-2-16-21-9-22-25(16)8-10/h1-4,6-9H,5H2. The van der Waals surface area contributed by atoms with Crippen LogP contribution < -0.4 is 5.43 Å². The minimum absolute atomic E-state index is 0.0330. The van der Waals surface area contributed by atoms with Gasteiger partial charge in [0.1, 0.15) is 12.0 Å². The highest BCUT2D eigenvalue weighted by molar-refractivity contribution is 5.38. The molecule has 3 heterocycles. The third-order valence-corrected chi connectivity index (χ3v) is 3.82. The van der Waals surface area contributed by atoms with E-state index in [9.17, 15) is 18.0 Å². The van der Waals surface area contributed by atoms with Gasteiger partial charge in [-0.15, -0.1) is 0 Å². The maximum absolute atomic E-state index is 13.4. The Bertz CT molecular complexity index is 1160. The molecule has 1 aromatic carbocycles. The van der Waals surface area contributed by atoms with Crippen LogP contribution in [0.25, 0.3) is 11.3 Å². The third-order valence-electron chi connectivity index (χ3n) is 3.82. The summed E-state index contributed by atoms with van der Waals surface area (Å²) in [6.45, 7) is 0. The van der Waals surface area contributed by atoms with E-state index in [4.69, 9.17) is 0 Å². The minimum atomic E-state index is -1.56. The molecule has 9 heteroatoms. The lowest BCUT2D eigenvalue weighted by atomic mass is 10.1. The van der Waals surface area contributed by atoms with Crippen LogP contribution in [0, 0.1) is 17.5 Å². The zero-order valence-corrected chi connectivity index (χ0v) is 13.1. The number of rotatable bonds is 3. The lowest BCUT2D eigenvalue weighted by molar-refractivity contribution is 0.445. The predicted molar refractivity (Wildman–Crippen MR) is 85.5 cm³/mol. The summed E-state index contributed by atoms with van der Waals surface area (Å²) < 4.78 is 42.7. The summed E-state index contributed by atoms with van der Waals surface area (Å²) in [4.78, 5) is 16.1. The van der Waals surface area contributed by atoms with Crippen molar-refractivity contribution in [2.75, 3.05) is 0 Å². The molecule has 0 radical (unpaired) electrons. The zero-order chi connectivity index (χ0) is 18.3. The summed E-state index contributed by atoms with van der Waals surface area (Å²) >= 11 is 0. The highest BCUT2D eigenvalue weighted by atomic mass is 19.2. The summed E-state index contributed by atoms with van der Waals surface area (Å²) in [6, 6.07) is 6.37. The van der Waals surface area contributed by atoms with Gasteiger partial charge in [-0.25, -0.2) is 27.4 Å². The number of pyridine rings is 1. The first-order valence-corrected chi connectivity index (χ1v) is 7.53. The Balaban J connectivity index is 1.73. The van der Waals surface area contributed by atoms with E-state index in [2.05, 4.69) is 15.2 Å². The van der Waals surface area contributed by atoms with Crippen molar-refractivity contribution in [1.82, 2.24) is 24.4 Å². The predicted octanol–water partition coefficient (Wildman–Crippen LogP) is 2.28. The fourth-order valence-corrected chi connectivity index (χ4v) is 2.55. The van der Waals surface area contributed by atoms with Crippen molar-refractivity contribution in [1.29, 1.82) is 0 Å². The number of hydrogen-bond acceptors (Lipinski definition) is 4. The largest absolute Gasteiger partial charge is 0.288 e. The van der Waals surface area contributed by atoms with Gasteiger partial charge >= 0.3 is 0 Å². The second kappa shape index (κ2) is 6.10. The lowest BCUT2D eigenvalue weighted by Gasteiger charge is -2.08. The Morgan fingerprint density at radius 2 is 1.81 bits per heavy atom. The minimum Gasteiger partial charge on any atom is -0.288 e. The van der Waals surface area contributed by atoms with E-state index >= 15 is 0 Å². The van der Waals surface area contributed by atoms with Gasteiger partial charge in [0.05, 0.1) is 5.69 Å². The number of halogens is 3. The van der Waals surface area contributed by atoms with Crippen LogP contribution in [0.3, 0.4) is 0 Å².